The van der Waals surface area contributed by atoms with Gasteiger partial charge in [-0.05, 0) is 37.8 Å². The Labute approximate surface area is 119 Å². The molecule has 5 nitrogen and oxygen atoms in total. The number of carbonyl (C=O) groups excluding carboxylic acids is 1. The van der Waals surface area contributed by atoms with Gasteiger partial charge in [0.05, 0.1) is 11.9 Å². The summed E-state index contributed by atoms with van der Waals surface area (Å²) >= 11 is 0. The zero-order valence-electron chi connectivity index (χ0n) is 11.8. The van der Waals surface area contributed by atoms with Gasteiger partial charge in [0.25, 0.3) is 5.91 Å². The predicted molar refractivity (Wildman–Crippen MR) is 75.4 cm³/mol. The number of rotatable bonds is 7. The second-order valence-electron chi connectivity index (χ2n) is 5.66. The Bertz CT molecular complexity index is 467. The molecule has 1 N–H and O–H groups in total. The summed E-state index contributed by atoms with van der Waals surface area (Å²) < 4.78 is 5.49. The maximum Gasteiger partial charge on any atom is 0.260 e. The average Bonchev–Trinajstić information content (AvgIpc) is 3.36. The molecule has 0 radical (unpaired) electrons. The average molecular weight is 275 g/mol. The van der Waals surface area contributed by atoms with Gasteiger partial charge >= 0.3 is 0 Å². The van der Waals surface area contributed by atoms with Crippen LogP contribution in [-0.4, -0.2) is 41.5 Å². The van der Waals surface area contributed by atoms with E-state index in [1.807, 2.05) is 19.2 Å². The largest absolute Gasteiger partial charge is 0.482 e. The van der Waals surface area contributed by atoms with Crippen LogP contribution in [0.2, 0.25) is 0 Å². The maximum atomic E-state index is 11.8. The molecule has 2 saturated carbocycles. The summed E-state index contributed by atoms with van der Waals surface area (Å²) in [5, 5.41) is 3.41. The van der Waals surface area contributed by atoms with Crippen LogP contribution in [-0.2, 0) is 11.3 Å². The molecular formula is C15H21N3O2. The first kappa shape index (κ1) is 13.4. The molecule has 1 amide bonds. The van der Waals surface area contributed by atoms with E-state index in [-0.39, 0.29) is 12.5 Å². The Kier molecular flexibility index (Phi) is 3.87. The lowest BCUT2D eigenvalue weighted by Gasteiger charge is -2.16. The molecule has 0 aromatic carbocycles. The highest BCUT2D eigenvalue weighted by atomic mass is 16.5. The van der Waals surface area contributed by atoms with E-state index in [4.69, 9.17) is 4.74 Å². The number of hydrogen-bond donors (Lipinski definition) is 1. The van der Waals surface area contributed by atoms with Crippen LogP contribution in [0.3, 0.4) is 0 Å². The van der Waals surface area contributed by atoms with Gasteiger partial charge in [-0.25, -0.2) is 0 Å². The standard InChI is InChI=1S/C15H21N3O2/c1-18(13-5-6-13)15(19)10-20-14-7-4-12(17-9-14)8-16-11-2-3-11/h4,7,9,11,13,16H,2-3,5-6,8,10H2,1H3. The molecule has 1 heterocycles. The molecule has 1 aromatic heterocycles. The first-order chi connectivity index (χ1) is 9.72. The highest BCUT2D eigenvalue weighted by Gasteiger charge is 2.29. The summed E-state index contributed by atoms with van der Waals surface area (Å²) in [4.78, 5) is 17.9. The molecule has 108 valence electrons. The van der Waals surface area contributed by atoms with Crippen molar-refractivity contribution in [3.05, 3.63) is 24.0 Å². The van der Waals surface area contributed by atoms with Gasteiger partial charge in [0, 0.05) is 25.7 Å². The monoisotopic (exact) mass is 275 g/mol. The number of pyridine rings is 1. The molecule has 0 saturated heterocycles. The maximum absolute atomic E-state index is 11.8. The minimum Gasteiger partial charge on any atom is -0.482 e. The molecule has 0 atom stereocenters. The van der Waals surface area contributed by atoms with Crippen molar-refractivity contribution in [3.8, 4) is 5.75 Å². The van der Waals surface area contributed by atoms with Gasteiger partial charge in [-0.1, -0.05) is 0 Å². The second kappa shape index (κ2) is 5.79. The Balaban J connectivity index is 1.43. The Morgan fingerprint density at radius 2 is 2.20 bits per heavy atom. The van der Waals surface area contributed by atoms with Crippen LogP contribution in [0.25, 0.3) is 0 Å². The zero-order chi connectivity index (χ0) is 13.9. The fourth-order valence-electron chi connectivity index (χ4n) is 2.05. The molecule has 20 heavy (non-hydrogen) atoms. The third-order valence-electron chi connectivity index (χ3n) is 3.80. The summed E-state index contributed by atoms with van der Waals surface area (Å²) in [6.07, 6.45) is 6.48. The Morgan fingerprint density at radius 3 is 2.80 bits per heavy atom. The number of nitrogens with one attached hydrogen (secondary N) is 1. The summed E-state index contributed by atoms with van der Waals surface area (Å²) in [7, 11) is 1.84. The molecule has 1 aromatic rings. The molecule has 0 spiro atoms. The van der Waals surface area contributed by atoms with E-state index in [1.165, 1.54) is 12.8 Å². The van der Waals surface area contributed by atoms with Crippen LogP contribution >= 0.6 is 0 Å². The van der Waals surface area contributed by atoms with Crippen LogP contribution in [0.4, 0.5) is 0 Å². The number of amides is 1. The summed E-state index contributed by atoms with van der Waals surface area (Å²) in [6.45, 7) is 0.892. The highest BCUT2D eigenvalue weighted by molar-refractivity contribution is 5.78. The molecule has 3 rings (SSSR count). The summed E-state index contributed by atoms with van der Waals surface area (Å²) in [5.41, 5.74) is 1.01. The highest BCUT2D eigenvalue weighted by Crippen LogP contribution is 2.25. The van der Waals surface area contributed by atoms with Crippen molar-refractivity contribution in [2.45, 2.75) is 44.3 Å². The molecule has 2 fully saturated rings. The topological polar surface area (TPSA) is 54.5 Å². The summed E-state index contributed by atoms with van der Waals surface area (Å²) in [5.74, 6) is 0.685. The van der Waals surface area contributed by atoms with Gasteiger partial charge in [-0.15, -0.1) is 0 Å². The van der Waals surface area contributed by atoms with E-state index in [1.54, 1.807) is 11.1 Å². The van der Waals surface area contributed by atoms with Crippen LogP contribution < -0.4 is 10.1 Å². The lowest BCUT2D eigenvalue weighted by Crippen LogP contribution is -2.33. The molecule has 2 aliphatic carbocycles. The van der Waals surface area contributed by atoms with Gasteiger partial charge in [-0.3, -0.25) is 9.78 Å². The number of hydrogen-bond acceptors (Lipinski definition) is 4. The van der Waals surface area contributed by atoms with Crippen LogP contribution in [0, 0.1) is 0 Å². The predicted octanol–water partition coefficient (Wildman–Crippen LogP) is 1.33. The van der Waals surface area contributed by atoms with Gasteiger partial charge in [0.15, 0.2) is 6.61 Å². The first-order valence-corrected chi connectivity index (χ1v) is 7.29. The quantitative estimate of drug-likeness (QED) is 0.816. The third kappa shape index (κ3) is 3.70. The lowest BCUT2D eigenvalue weighted by atomic mass is 10.3. The summed E-state index contributed by atoms with van der Waals surface area (Å²) in [6, 6.07) is 4.93. The van der Waals surface area contributed by atoms with E-state index < -0.39 is 0 Å². The van der Waals surface area contributed by atoms with Crippen LogP contribution in [0.1, 0.15) is 31.4 Å². The fraction of sp³-hybridized carbons (Fsp3) is 0.600. The number of ether oxygens (including phenoxy) is 1. The van der Waals surface area contributed by atoms with Crippen molar-refractivity contribution in [3.63, 3.8) is 0 Å². The van der Waals surface area contributed by atoms with E-state index in [0.29, 0.717) is 17.8 Å². The van der Waals surface area contributed by atoms with Crippen LogP contribution in [0.5, 0.6) is 5.75 Å². The molecular weight excluding hydrogens is 254 g/mol. The lowest BCUT2D eigenvalue weighted by molar-refractivity contribution is -0.132. The molecule has 2 aliphatic rings. The van der Waals surface area contributed by atoms with Crippen molar-refractivity contribution in [2.24, 2.45) is 0 Å². The van der Waals surface area contributed by atoms with Crippen molar-refractivity contribution < 1.29 is 9.53 Å². The van der Waals surface area contributed by atoms with Gasteiger partial charge in [-0.2, -0.15) is 0 Å². The zero-order valence-corrected chi connectivity index (χ0v) is 11.8. The SMILES string of the molecule is CN(C(=O)COc1ccc(CNC2CC2)nc1)C1CC1. The number of nitrogens with zero attached hydrogens (tertiary/aromatic N) is 2. The van der Waals surface area contributed by atoms with E-state index in [2.05, 4.69) is 10.3 Å². The molecule has 0 aliphatic heterocycles. The molecule has 0 unspecified atom stereocenters. The van der Waals surface area contributed by atoms with Crippen molar-refractivity contribution >= 4 is 5.91 Å². The first-order valence-electron chi connectivity index (χ1n) is 7.29. The molecule has 0 bridgehead atoms. The van der Waals surface area contributed by atoms with E-state index in [9.17, 15) is 4.79 Å². The number of carbonyl (C=O) groups is 1. The Morgan fingerprint density at radius 1 is 1.40 bits per heavy atom. The van der Waals surface area contributed by atoms with Crippen LogP contribution in [0.15, 0.2) is 18.3 Å². The fourth-order valence-corrected chi connectivity index (χ4v) is 2.05. The van der Waals surface area contributed by atoms with Gasteiger partial charge < -0.3 is 15.0 Å². The minimum absolute atomic E-state index is 0.0342. The van der Waals surface area contributed by atoms with E-state index >= 15 is 0 Å². The van der Waals surface area contributed by atoms with Crippen molar-refractivity contribution in [2.75, 3.05) is 13.7 Å². The van der Waals surface area contributed by atoms with E-state index in [0.717, 1.165) is 25.1 Å². The van der Waals surface area contributed by atoms with Crippen molar-refractivity contribution in [1.29, 1.82) is 0 Å². The second-order valence-corrected chi connectivity index (χ2v) is 5.66. The third-order valence-corrected chi connectivity index (χ3v) is 3.80. The number of aromatic nitrogens is 1. The number of likely N-dealkylation sites (N-methyl/N-ethyl adjacent to an activating group) is 1. The van der Waals surface area contributed by atoms with Gasteiger partial charge in [0.1, 0.15) is 5.75 Å². The Hall–Kier alpha value is -1.62. The smallest absolute Gasteiger partial charge is 0.260 e. The molecule has 5 heteroatoms. The normalized spacial score (nSPS) is 17.9. The van der Waals surface area contributed by atoms with Crippen molar-refractivity contribution in [1.82, 2.24) is 15.2 Å². The van der Waals surface area contributed by atoms with Gasteiger partial charge in [0.2, 0.25) is 0 Å². The minimum atomic E-state index is 0.0342.